The van der Waals surface area contributed by atoms with Gasteiger partial charge < -0.3 is 4.90 Å². The summed E-state index contributed by atoms with van der Waals surface area (Å²) in [6.07, 6.45) is 3.78. The van der Waals surface area contributed by atoms with Crippen molar-refractivity contribution in [1.82, 2.24) is 9.80 Å². The first-order chi connectivity index (χ1) is 12.7. The molecular weight excluding hydrogens is 324 g/mol. The summed E-state index contributed by atoms with van der Waals surface area (Å²) in [5.74, 6) is 0.0409. The minimum atomic E-state index is -0.312. The van der Waals surface area contributed by atoms with Gasteiger partial charge in [0.15, 0.2) is 6.19 Å². The van der Waals surface area contributed by atoms with E-state index < -0.39 is 0 Å². The smallest absolute Gasteiger partial charge is 0.246 e. The molecule has 0 radical (unpaired) electrons. The highest BCUT2D eigenvalue weighted by molar-refractivity contribution is 5.83. The molecule has 2 aliphatic rings. The van der Waals surface area contributed by atoms with Crippen LogP contribution < -0.4 is 0 Å². The van der Waals surface area contributed by atoms with E-state index in [1.807, 2.05) is 41.3 Å². The molecule has 0 spiro atoms. The quantitative estimate of drug-likeness (QED) is 0.787. The maximum absolute atomic E-state index is 12.8. The van der Waals surface area contributed by atoms with Crippen molar-refractivity contribution >= 4 is 5.91 Å². The minimum Gasteiger partial charge on any atom is -0.332 e. The van der Waals surface area contributed by atoms with Gasteiger partial charge in [-0.05, 0) is 47.2 Å². The van der Waals surface area contributed by atoms with Gasteiger partial charge in [-0.15, -0.1) is 0 Å². The summed E-state index contributed by atoms with van der Waals surface area (Å²) in [7, 11) is 0. The molecule has 128 valence electrons. The van der Waals surface area contributed by atoms with Crippen molar-refractivity contribution in [2.45, 2.75) is 32.0 Å². The Kier molecular flexibility index (Phi) is 4.07. The maximum Gasteiger partial charge on any atom is 0.246 e. The minimum absolute atomic E-state index is 0.0409. The lowest BCUT2D eigenvalue weighted by molar-refractivity contribution is -0.135. The van der Waals surface area contributed by atoms with Gasteiger partial charge in [0, 0.05) is 19.6 Å². The summed E-state index contributed by atoms with van der Waals surface area (Å²) < 4.78 is 0. The highest BCUT2D eigenvalue weighted by Gasteiger charge is 2.35. The molecule has 5 nitrogen and oxygen atoms in total. The fraction of sp³-hybridized carbons (Fsp3) is 0.286. The maximum atomic E-state index is 12.8. The predicted octanol–water partition coefficient (Wildman–Crippen LogP) is 3.01. The van der Waals surface area contributed by atoms with Crippen LogP contribution >= 0.6 is 0 Å². The summed E-state index contributed by atoms with van der Waals surface area (Å²) >= 11 is 0. The van der Waals surface area contributed by atoms with E-state index in [4.69, 9.17) is 0 Å². The standard InChI is InChI=1S/C21H18N4O/c22-11-16-4-1-2-5-19(16)15-7-8-17-12-25(13-18(17)10-15)21(26)20-6-3-9-24(20)14-23/h1-2,4-5,7-8,10,20H,3,6,9,12-13H2. The molecule has 5 heteroatoms. The second-order valence-electron chi connectivity index (χ2n) is 6.79. The van der Waals surface area contributed by atoms with E-state index in [1.54, 1.807) is 4.90 Å². The van der Waals surface area contributed by atoms with Crippen LogP contribution in [0.25, 0.3) is 11.1 Å². The van der Waals surface area contributed by atoms with Gasteiger partial charge in [0.1, 0.15) is 6.04 Å². The Balaban J connectivity index is 1.58. The summed E-state index contributed by atoms with van der Waals surface area (Å²) in [6.45, 7) is 1.82. The molecule has 0 N–H and O–H groups in total. The molecule has 1 saturated heterocycles. The van der Waals surface area contributed by atoms with E-state index in [2.05, 4.69) is 18.3 Å². The Hall–Kier alpha value is -3.31. The number of carbonyl (C=O) groups excluding carboxylic acids is 1. The molecule has 0 aliphatic carbocycles. The van der Waals surface area contributed by atoms with Crippen molar-refractivity contribution in [3.8, 4) is 23.4 Å². The van der Waals surface area contributed by atoms with Crippen LogP contribution in [0.2, 0.25) is 0 Å². The normalized spacial score (nSPS) is 18.3. The van der Waals surface area contributed by atoms with Gasteiger partial charge in [-0.2, -0.15) is 10.5 Å². The molecular formula is C21H18N4O. The largest absolute Gasteiger partial charge is 0.332 e. The summed E-state index contributed by atoms with van der Waals surface area (Å²) in [5.41, 5.74) is 4.81. The van der Waals surface area contributed by atoms with E-state index in [1.165, 1.54) is 0 Å². The molecule has 1 atom stereocenters. The Bertz CT molecular complexity index is 953. The van der Waals surface area contributed by atoms with Crippen LogP contribution in [0.4, 0.5) is 0 Å². The van der Waals surface area contributed by atoms with Crippen LogP contribution in [0, 0.1) is 22.8 Å². The number of carbonyl (C=O) groups is 1. The fourth-order valence-electron chi connectivity index (χ4n) is 3.90. The van der Waals surface area contributed by atoms with E-state index in [0.29, 0.717) is 25.2 Å². The first kappa shape index (κ1) is 16.2. The van der Waals surface area contributed by atoms with Gasteiger partial charge in [0.2, 0.25) is 5.91 Å². The van der Waals surface area contributed by atoms with E-state index in [-0.39, 0.29) is 11.9 Å². The van der Waals surface area contributed by atoms with Crippen molar-refractivity contribution in [1.29, 1.82) is 10.5 Å². The van der Waals surface area contributed by atoms with Crippen LogP contribution in [0.5, 0.6) is 0 Å². The zero-order valence-electron chi connectivity index (χ0n) is 14.4. The summed E-state index contributed by atoms with van der Waals surface area (Å²) in [5, 5.41) is 18.5. The van der Waals surface area contributed by atoms with Gasteiger partial charge in [0.25, 0.3) is 0 Å². The highest BCUT2D eigenvalue weighted by Crippen LogP contribution is 2.31. The number of hydrogen-bond donors (Lipinski definition) is 0. The van der Waals surface area contributed by atoms with Crippen LogP contribution in [0.3, 0.4) is 0 Å². The van der Waals surface area contributed by atoms with E-state index in [9.17, 15) is 15.3 Å². The SMILES string of the molecule is N#Cc1ccccc1-c1ccc2c(c1)CN(C(=O)C1CCCN1C#N)C2. The average Bonchev–Trinajstić information content (AvgIpc) is 3.33. The second kappa shape index (κ2) is 6.54. The summed E-state index contributed by atoms with van der Waals surface area (Å²) in [6, 6.07) is 15.6. The lowest BCUT2D eigenvalue weighted by atomic mass is 9.97. The number of nitrogens with zero attached hydrogens (tertiary/aromatic N) is 4. The molecule has 2 aromatic rings. The average molecular weight is 342 g/mol. The third kappa shape index (κ3) is 2.68. The zero-order chi connectivity index (χ0) is 18.1. The van der Waals surface area contributed by atoms with Crippen molar-refractivity contribution in [3.63, 3.8) is 0 Å². The highest BCUT2D eigenvalue weighted by atomic mass is 16.2. The Morgan fingerprint density at radius 3 is 2.69 bits per heavy atom. The van der Waals surface area contributed by atoms with Crippen LogP contribution in [-0.2, 0) is 17.9 Å². The lowest BCUT2D eigenvalue weighted by Crippen LogP contribution is -2.41. The van der Waals surface area contributed by atoms with Gasteiger partial charge >= 0.3 is 0 Å². The molecule has 2 heterocycles. The van der Waals surface area contributed by atoms with Gasteiger partial charge in [-0.25, -0.2) is 0 Å². The van der Waals surface area contributed by atoms with Crippen molar-refractivity contribution in [2.24, 2.45) is 0 Å². The van der Waals surface area contributed by atoms with Gasteiger partial charge in [-0.1, -0.05) is 30.3 Å². The second-order valence-corrected chi connectivity index (χ2v) is 6.79. The van der Waals surface area contributed by atoms with Crippen LogP contribution in [0.15, 0.2) is 42.5 Å². The number of fused-ring (bicyclic) bond motifs is 1. The number of nitriles is 2. The Labute approximate surface area is 152 Å². The zero-order valence-corrected chi connectivity index (χ0v) is 14.4. The molecule has 0 aromatic heterocycles. The molecule has 4 rings (SSSR count). The fourth-order valence-corrected chi connectivity index (χ4v) is 3.90. The number of likely N-dealkylation sites (tertiary alicyclic amines) is 1. The van der Waals surface area contributed by atoms with E-state index >= 15 is 0 Å². The van der Waals surface area contributed by atoms with Crippen molar-refractivity contribution < 1.29 is 4.79 Å². The molecule has 1 unspecified atom stereocenters. The first-order valence-electron chi connectivity index (χ1n) is 8.77. The lowest BCUT2D eigenvalue weighted by Gasteiger charge is -2.23. The number of benzene rings is 2. The van der Waals surface area contributed by atoms with Crippen LogP contribution in [0.1, 0.15) is 29.5 Å². The first-order valence-corrected chi connectivity index (χ1v) is 8.77. The Morgan fingerprint density at radius 2 is 1.88 bits per heavy atom. The molecule has 1 fully saturated rings. The molecule has 1 amide bonds. The summed E-state index contributed by atoms with van der Waals surface area (Å²) in [4.78, 5) is 16.3. The molecule has 26 heavy (non-hydrogen) atoms. The monoisotopic (exact) mass is 342 g/mol. The predicted molar refractivity (Wildman–Crippen MR) is 96.2 cm³/mol. The van der Waals surface area contributed by atoms with Crippen LogP contribution in [-0.4, -0.2) is 28.3 Å². The van der Waals surface area contributed by atoms with Gasteiger partial charge in [0.05, 0.1) is 11.6 Å². The van der Waals surface area contributed by atoms with Crippen molar-refractivity contribution in [3.05, 3.63) is 59.2 Å². The third-order valence-electron chi connectivity index (χ3n) is 5.27. The number of hydrogen-bond acceptors (Lipinski definition) is 4. The molecule has 0 bridgehead atoms. The molecule has 0 saturated carbocycles. The van der Waals surface area contributed by atoms with E-state index in [0.717, 1.165) is 35.1 Å². The van der Waals surface area contributed by atoms with Gasteiger partial charge in [-0.3, -0.25) is 9.69 Å². The number of rotatable bonds is 2. The van der Waals surface area contributed by atoms with Crippen molar-refractivity contribution in [2.75, 3.05) is 6.54 Å². The third-order valence-corrected chi connectivity index (χ3v) is 5.27. The Morgan fingerprint density at radius 1 is 1.08 bits per heavy atom. The molecule has 2 aromatic carbocycles. The molecule has 2 aliphatic heterocycles. The topological polar surface area (TPSA) is 71.1 Å². The number of amides is 1.